The standard InChI is InChI=1S/C16H30N4O/c1-5-7-15-18-14(19-21-15)12-20-9-6-8-13(11-20)10-17-16(2,3)4/h13,17H,5-12H2,1-4H3. The van der Waals surface area contributed by atoms with E-state index in [0.29, 0.717) is 0 Å². The van der Waals surface area contributed by atoms with Crippen LogP contribution in [0.4, 0.5) is 0 Å². The van der Waals surface area contributed by atoms with Gasteiger partial charge in [-0.3, -0.25) is 4.90 Å². The lowest BCUT2D eigenvalue weighted by molar-refractivity contribution is 0.155. The van der Waals surface area contributed by atoms with E-state index in [4.69, 9.17) is 4.52 Å². The van der Waals surface area contributed by atoms with Gasteiger partial charge in [-0.15, -0.1) is 0 Å². The molecule has 0 aliphatic carbocycles. The summed E-state index contributed by atoms with van der Waals surface area (Å²) in [6.07, 6.45) is 4.50. The van der Waals surface area contributed by atoms with Crippen LogP contribution in [0, 0.1) is 5.92 Å². The van der Waals surface area contributed by atoms with Crippen LogP contribution in [0.1, 0.15) is 58.7 Å². The Bertz CT molecular complexity index is 424. The molecule has 0 amide bonds. The van der Waals surface area contributed by atoms with Crippen LogP contribution in [0.2, 0.25) is 0 Å². The third-order valence-electron chi connectivity index (χ3n) is 3.86. The van der Waals surface area contributed by atoms with Gasteiger partial charge in [0.15, 0.2) is 5.82 Å². The van der Waals surface area contributed by atoms with Gasteiger partial charge >= 0.3 is 0 Å². The Balaban J connectivity index is 1.80. The van der Waals surface area contributed by atoms with Crippen molar-refractivity contribution >= 4 is 0 Å². The summed E-state index contributed by atoms with van der Waals surface area (Å²) in [5.41, 5.74) is 0.199. The first-order chi connectivity index (χ1) is 9.96. The van der Waals surface area contributed by atoms with Crippen LogP contribution < -0.4 is 5.32 Å². The van der Waals surface area contributed by atoms with Gasteiger partial charge in [-0.05, 0) is 59.0 Å². The van der Waals surface area contributed by atoms with Gasteiger partial charge in [-0.1, -0.05) is 12.1 Å². The number of hydrogen-bond acceptors (Lipinski definition) is 5. The van der Waals surface area contributed by atoms with E-state index in [1.807, 2.05) is 0 Å². The average molecular weight is 294 g/mol. The summed E-state index contributed by atoms with van der Waals surface area (Å²) >= 11 is 0. The molecule has 120 valence electrons. The predicted octanol–water partition coefficient (Wildman–Crippen LogP) is 2.62. The molecule has 2 heterocycles. The smallest absolute Gasteiger partial charge is 0.226 e. The fraction of sp³-hybridized carbons (Fsp3) is 0.875. The summed E-state index contributed by atoms with van der Waals surface area (Å²) in [5, 5.41) is 7.72. The van der Waals surface area contributed by atoms with Gasteiger partial charge in [-0.25, -0.2) is 0 Å². The van der Waals surface area contributed by atoms with Gasteiger partial charge < -0.3 is 9.84 Å². The molecule has 1 aliphatic rings. The Morgan fingerprint density at radius 2 is 2.19 bits per heavy atom. The van der Waals surface area contributed by atoms with E-state index < -0.39 is 0 Å². The number of aromatic nitrogens is 2. The van der Waals surface area contributed by atoms with Crippen molar-refractivity contribution in [2.75, 3.05) is 19.6 Å². The van der Waals surface area contributed by atoms with Gasteiger partial charge in [0.1, 0.15) is 0 Å². The molecule has 1 N–H and O–H groups in total. The van der Waals surface area contributed by atoms with Crippen molar-refractivity contribution in [3.05, 3.63) is 11.7 Å². The van der Waals surface area contributed by atoms with Crippen LogP contribution in [0.25, 0.3) is 0 Å². The molecule has 5 nitrogen and oxygen atoms in total. The first-order valence-electron chi connectivity index (χ1n) is 8.25. The van der Waals surface area contributed by atoms with E-state index in [2.05, 4.69) is 48.1 Å². The minimum absolute atomic E-state index is 0.199. The number of aryl methyl sites for hydroxylation is 1. The zero-order valence-electron chi connectivity index (χ0n) is 14.0. The molecule has 0 bridgehead atoms. The maximum absolute atomic E-state index is 5.27. The second kappa shape index (κ2) is 7.36. The van der Waals surface area contributed by atoms with Crippen molar-refractivity contribution in [3.8, 4) is 0 Å². The summed E-state index contributed by atoms with van der Waals surface area (Å²) in [7, 11) is 0. The highest BCUT2D eigenvalue weighted by atomic mass is 16.5. The number of nitrogens with zero attached hydrogens (tertiary/aromatic N) is 3. The molecular formula is C16H30N4O. The van der Waals surface area contributed by atoms with Gasteiger partial charge in [0.25, 0.3) is 0 Å². The van der Waals surface area contributed by atoms with E-state index in [9.17, 15) is 0 Å². The zero-order chi connectivity index (χ0) is 15.3. The monoisotopic (exact) mass is 294 g/mol. The van der Waals surface area contributed by atoms with Crippen molar-refractivity contribution in [2.45, 2.75) is 65.5 Å². The molecule has 0 saturated carbocycles. The highest BCUT2D eigenvalue weighted by Crippen LogP contribution is 2.18. The SMILES string of the molecule is CCCc1nc(CN2CCCC(CNC(C)(C)C)C2)no1. The summed E-state index contributed by atoms with van der Waals surface area (Å²) in [6, 6.07) is 0. The normalized spacial score (nSPS) is 20.9. The Morgan fingerprint density at radius 1 is 1.38 bits per heavy atom. The molecule has 1 aliphatic heterocycles. The van der Waals surface area contributed by atoms with E-state index in [-0.39, 0.29) is 5.54 Å². The Morgan fingerprint density at radius 3 is 2.90 bits per heavy atom. The van der Waals surface area contributed by atoms with E-state index in [1.54, 1.807) is 0 Å². The number of rotatable bonds is 6. The van der Waals surface area contributed by atoms with Crippen molar-refractivity contribution < 1.29 is 4.52 Å². The van der Waals surface area contributed by atoms with Crippen molar-refractivity contribution in [2.24, 2.45) is 5.92 Å². The lowest BCUT2D eigenvalue weighted by atomic mass is 9.96. The highest BCUT2D eigenvalue weighted by Gasteiger charge is 2.22. The molecular weight excluding hydrogens is 264 g/mol. The molecule has 1 unspecified atom stereocenters. The highest BCUT2D eigenvalue weighted by molar-refractivity contribution is 4.88. The first-order valence-corrected chi connectivity index (χ1v) is 8.25. The Labute approximate surface area is 128 Å². The molecule has 21 heavy (non-hydrogen) atoms. The molecule has 0 aromatic carbocycles. The van der Waals surface area contributed by atoms with Gasteiger partial charge in [0.05, 0.1) is 6.54 Å². The van der Waals surface area contributed by atoms with Crippen LogP contribution in [-0.2, 0) is 13.0 Å². The fourth-order valence-electron chi connectivity index (χ4n) is 2.78. The summed E-state index contributed by atoms with van der Waals surface area (Å²) in [4.78, 5) is 6.93. The van der Waals surface area contributed by atoms with Crippen LogP contribution in [-0.4, -0.2) is 40.2 Å². The van der Waals surface area contributed by atoms with Gasteiger partial charge in [-0.2, -0.15) is 4.98 Å². The maximum Gasteiger partial charge on any atom is 0.226 e. The minimum Gasteiger partial charge on any atom is -0.339 e. The van der Waals surface area contributed by atoms with Crippen LogP contribution >= 0.6 is 0 Å². The molecule has 2 rings (SSSR count). The molecule has 1 aromatic rings. The van der Waals surface area contributed by atoms with Crippen molar-refractivity contribution in [1.29, 1.82) is 0 Å². The third kappa shape index (κ3) is 5.75. The topological polar surface area (TPSA) is 54.2 Å². The van der Waals surface area contributed by atoms with Crippen LogP contribution in [0.5, 0.6) is 0 Å². The van der Waals surface area contributed by atoms with Gasteiger partial charge in [0.2, 0.25) is 5.89 Å². The molecule has 0 spiro atoms. The molecule has 1 fully saturated rings. The largest absolute Gasteiger partial charge is 0.339 e. The maximum atomic E-state index is 5.27. The van der Waals surface area contributed by atoms with Gasteiger partial charge in [0, 0.05) is 18.5 Å². The lowest BCUT2D eigenvalue weighted by Crippen LogP contribution is -2.44. The molecule has 0 radical (unpaired) electrons. The number of piperidine rings is 1. The van der Waals surface area contributed by atoms with Crippen molar-refractivity contribution in [1.82, 2.24) is 20.4 Å². The second-order valence-corrected chi connectivity index (χ2v) is 7.23. The van der Waals surface area contributed by atoms with Crippen molar-refractivity contribution in [3.63, 3.8) is 0 Å². The fourth-order valence-corrected chi connectivity index (χ4v) is 2.78. The molecule has 1 aromatic heterocycles. The first kappa shape index (κ1) is 16.4. The average Bonchev–Trinajstić information content (AvgIpc) is 2.84. The predicted molar refractivity (Wildman–Crippen MR) is 84.0 cm³/mol. The minimum atomic E-state index is 0.199. The van der Waals surface area contributed by atoms with E-state index in [0.717, 1.165) is 56.7 Å². The third-order valence-corrected chi connectivity index (χ3v) is 3.86. The zero-order valence-corrected chi connectivity index (χ0v) is 14.0. The summed E-state index contributed by atoms with van der Waals surface area (Å²) < 4.78 is 5.27. The summed E-state index contributed by atoms with van der Waals surface area (Å²) in [5.74, 6) is 2.33. The molecule has 5 heteroatoms. The quantitative estimate of drug-likeness (QED) is 0.874. The second-order valence-electron chi connectivity index (χ2n) is 7.23. The Hall–Kier alpha value is -0.940. The van der Waals surface area contributed by atoms with Crippen LogP contribution in [0.3, 0.4) is 0 Å². The summed E-state index contributed by atoms with van der Waals surface area (Å²) in [6.45, 7) is 13.0. The number of likely N-dealkylation sites (tertiary alicyclic amines) is 1. The lowest BCUT2D eigenvalue weighted by Gasteiger charge is -2.33. The molecule has 1 atom stereocenters. The molecule has 1 saturated heterocycles. The Kier molecular flexibility index (Phi) is 5.76. The van der Waals surface area contributed by atoms with E-state index >= 15 is 0 Å². The number of nitrogens with one attached hydrogen (secondary N) is 1. The number of hydrogen-bond donors (Lipinski definition) is 1. The van der Waals surface area contributed by atoms with Crippen LogP contribution in [0.15, 0.2) is 4.52 Å². The van der Waals surface area contributed by atoms with E-state index in [1.165, 1.54) is 12.8 Å².